The molecule has 0 bridgehead atoms. The number of rotatable bonds is 5. The van der Waals surface area contributed by atoms with Crippen LogP contribution in [0, 0.1) is 0 Å². The minimum atomic E-state index is -0.975. The molecule has 0 aliphatic carbocycles. The smallest absolute Gasteiger partial charge is 0.339 e. The Morgan fingerprint density at radius 2 is 2.11 bits per heavy atom. The summed E-state index contributed by atoms with van der Waals surface area (Å²) in [5.74, 6) is 0.655. The molecule has 7 nitrogen and oxygen atoms in total. The normalized spacial score (nSPS) is 10.9. The number of carbonyl (C=O) groups is 1. The van der Waals surface area contributed by atoms with E-state index in [2.05, 4.69) is 15.2 Å². The maximum absolute atomic E-state index is 11.1. The van der Waals surface area contributed by atoms with Gasteiger partial charge in [0.2, 0.25) is 0 Å². The zero-order valence-corrected chi connectivity index (χ0v) is 11.3. The van der Waals surface area contributed by atoms with Crippen LogP contribution in [-0.2, 0) is 26.4 Å². The first kappa shape index (κ1) is 13.3. The molecule has 0 radical (unpaired) electrons. The molecule has 0 unspecified atom stereocenters. The fourth-order valence-electron chi connectivity index (χ4n) is 1.93. The van der Waals surface area contributed by atoms with Crippen molar-refractivity contribution in [1.82, 2.24) is 24.5 Å². The van der Waals surface area contributed by atoms with Crippen molar-refractivity contribution in [3.63, 3.8) is 0 Å². The predicted molar refractivity (Wildman–Crippen MR) is 68.0 cm³/mol. The van der Waals surface area contributed by atoms with Gasteiger partial charge >= 0.3 is 5.97 Å². The van der Waals surface area contributed by atoms with Crippen molar-refractivity contribution in [2.24, 2.45) is 7.05 Å². The van der Waals surface area contributed by atoms with E-state index in [9.17, 15) is 4.79 Å². The van der Waals surface area contributed by atoms with E-state index in [4.69, 9.17) is 5.11 Å². The molecule has 0 aromatic carbocycles. The summed E-state index contributed by atoms with van der Waals surface area (Å²) >= 11 is 0. The molecule has 2 rings (SSSR count). The van der Waals surface area contributed by atoms with Crippen LogP contribution in [0.5, 0.6) is 0 Å². The summed E-state index contributed by atoms with van der Waals surface area (Å²) in [5.41, 5.74) is 0.827. The Morgan fingerprint density at radius 1 is 1.37 bits per heavy atom. The first-order chi connectivity index (χ1) is 9.06. The van der Waals surface area contributed by atoms with Gasteiger partial charge in [-0.1, -0.05) is 13.8 Å². The van der Waals surface area contributed by atoms with Gasteiger partial charge in [-0.05, 0) is 0 Å². The number of nitrogens with zero attached hydrogens (tertiary/aromatic N) is 5. The lowest BCUT2D eigenvalue weighted by Crippen LogP contribution is -2.13. The first-order valence-corrected chi connectivity index (χ1v) is 6.23. The summed E-state index contributed by atoms with van der Waals surface area (Å²) in [6, 6.07) is 0. The highest BCUT2D eigenvalue weighted by molar-refractivity contribution is 5.88. The summed E-state index contributed by atoms with van der Waals surface area (Å²) in [4.78, 5) is 15.5. The van der Waals surface area contributed by atoms with Crippen molar-refractivity contribution < 1.29 is 9.90 Å². The topological polar surface area (TPSA) is 85.8 Å². The van der Waals surface area contributed by atoms with Crippen molar-refractivity contribution in [1.29, 1.82) is 0 Å². The first-order valence-electron chi connectivity index (χ1n) is 6.23. The third kappa shape index (κ3) is 2.49. The molecule has 1 N–H and O–H groups in total. The van der Waals surface area contributed by atoms with Gasteiger partial charge in [0, 0.05) is 19.9 Å². The van der Waals surface area contributed by atoms with Gasteiger partial charge in [0.1, 0.15) is 11.4 Å². The Balaban J connectivity index is 2.38. The van der Waals surface area contributed by atoms with Crippen molar-refractivity contribution >= 4 is 5.97 Å². The largest absolute Gasteiger partial charge is 0.478 e. The van der Waals surface area contributed by atoms with Gasteiger partial charge in [-0.3, -0.25) is 4.68 Å². The fourth-order valence-corrected chi connectivity index (χ4v) is 1.93. The molecule has 2 aromatic heterocycles. The Morgan fingerprint density at radius 3 is 2.68 bits per heavy atom. The van der Waals surface area contributed by atoms with Gasteiger partial charge in [0.25, 0.3) is 0 Å². The zero-order valence-electron chi connectivity index (χ0n) is 11.3. The Hall–Kier alpha value is -2.18. The van der Waals surface area contributed by atoms with Crippen LogP contribution in [0.3, 0.4) is 0 Å². The minimum Gasteiger partial charge on any atom is -0.478 e. The van der Waals surface area contributed by atoms with Gasteiger partial charge in [0.15, 0.2) is 5.82 Å². The average molecular weight is 263 g/mol. The molecule has 0 saturated carbocycles. The lowest BCUT2D eigenvalue weighted by molar-refractivity contribution is 0.0695. The van der Waals surface area contributed by atoms with Crippen LogP contribution in [0.4, 0.5) is 0 Å². The lowest BCUT2D eigenvalue weighted by Gasteiger charge is -2.06. The van der Waals surface area contributed by atoms with Crippen molar-refractivity contribution in [2.75, 3.05) is 0 Å². The second-order valence-corrected chi connectivity index (χ2v) is 4.24. The Kier molecular flexibility index (Phi) is 3.64. The second-order valence-electron chi connectivity index (χ2n) is 4.24. The van der Waals surface area contributed by atoms with E-state index in [1.807, 2.05) is 13.8 Å². The van der Waals surface area contributed by atoms with E-state index in [-0.39, 0.29) is 5.56 Å². The Labute approximate surface area is 110 Å². The number of hydrogen-bond donors (Lipinski definition) is 1. The molecule has 0 saturated heterocycles. The SMILES string of the molecule is CCc1nc(CC)n(Cc2c(C(=O)O)cnn2C)n1. The van der Waals surface area contributed by atoms with E-state index < -0.39 is 5.97 Å². The molecule has 0 aliphatic heterocycles. The van der Waals surface area contributed by atoms with E-state index in [0.29, 0.717) is 12.2 Å². The molecule has 2 aromatic rings. The summed E-state index contributed by atoms with van der Waals surface area (Å²) in [5, 5.41) is 17.5. The van der Waals surface area contributed by atoms with Crippen molar-refractivity contribution in [3.8, 4) is 0 Å². The van der Waals surface area contributed by atoms with E-state index >= 15 is 0 Å². The quantitative estimate of drug-likeness (QED) is 0.865. The highest BCUT2D eigenvalue weighted by Crippen LogP contribution is 2.11. The number of hydrogen-bond acceptors (Lipinski definition) is 4. The highest BCUT2D eigenvalue weighted by Gasteiger charge is 2.17. The van der Waals surface area contributed by atoms with Crippen LogP contribution in [-0.4, -0.2) is 35.6 Å². The number of carboxylic acid groups (broad SMARTS) is 1. The van der Waals surface area contributed by atoms with Gasteiger partial charge in [0.05, 0.1) is 18.4 Å². The van der Waals surface area contributed by atoms with Crippen LogP contribution < -0.4 is 0 Å². The third-order valence-corrected chi connectivity index (χ3v) is 3.02. The lowest BCUT2D eigenvalue weighted by atomic mass is 10.2. The van der Waals surface area contributed by atoms with Gasteiger partial charge in [-0.2, -0.15) is 10.2 Å². The summed E-state index contributed by atoms with van der Waals surface area (Å²) in [7, 11) is 1.73. The van der Waals surface area contributed by atoms with Gasteiger partial charge in [-0.25, -0.2) is 14.5 Å². The zero-order chi connectivity index (χ0) is 14.0. The Bertz CT molecular complexity index is 599. The maximum atomic E-state index is 11.1. The monoisotopic (exact) mass is 263 g/mol. The van der Waals surface area contributed by atoms with Crippen molar-refractivity contribution in [3.05, 3.63) is 29.1 Å². The van der Waals surface area contributed by atoms with E-state index in [1.165, 1.54) is 6.20 Å². The van der Waals surface area contributed by atoms with Gasteiger partial charge < -0.3 is 5.11 Å². The summed E-state index contributed by atoms with van der Waals surface area (Å²) in [6.45, 7) is 4.36. The van der Waals surface area contributed by atoms with Crippen LogP contribution in [0.2, 0.25) is 0 Å². The molecule has 0 aliphatic rings. The molecule has 0 spiro atoms. The summed E-state index contributed by atoms with van der Waals surface area (Å²) < 4.78 is 3.32. The van der Waals surface area contributed by atoms with Crippen LogP contribution >= 0.6 is 0 Å². The molecule has 0 atom stereocenters. The predicted octanol–water partition coefficient (Wildman–Crippen LogP) is 0.883. The fraction of sp³-hybridized carbons (Fsp3) is 0.500. The van der Waals surface area contributed by atoms with Crippen molar-refractivity contribution in [2.45, 2.75) is 33.2 Å². The average Bonchev–Trinajstić information content (AvgIpc) is 2.94. The molecule has 19 heavy (non-hydrogen) atoms. The molecule has 7 heteroatoms. The van der Waals surface area contributed by atoms with Crippen LogP contribution in [0.1, 0.15) is 41.5 Å². The standard InChI is InChI=1S/C12H17N5O2/c1-4-10-14-11(5-2)17(15-10)7-9-8(12(18)19)6-13-16(9)3/h6H,4-5,7H2,1-3H3,(H,18,19). The molecule has 0 fully saturated rings. The molecule has 2 heterocycles. The molecular weight excluding hydrogens is 246 g/mol. The maximum Gasteiger partial charge on any atom is 0.339 e. The van der Waals surface area contributed by atoms with Crippen LogP contribution in [0.25, 0.3) is 0 Å². The highest BCUT2D eigenvalue weighted by atomic mass is 16.4. The van der Waals surface area contributed by atoms with E-state index in [0.717, 1.165) is 24.5 Å². The molecular formula is C12H17N5O2. The summed E-state index contributed by atoms with van der Waals surface area (Å²) in [6.07, 6.45) is 2.88. The third-order valence-electron chi connectivity index (χ3n) is 3.02. The molecule has 0 amide bonds. The van der Waals surface area contributed by atoms with Crippen LogP contribution in [0.15, 0.2) is 6.20 Å². The van der Waals surface area contributed by atoms with Gasteiger partial charge in [-0.15, -0.1) is 0 Å². The second kappa shape index (κ2) is 5.21. The molecule has 102 valence electrons. The minimum absolute atomic E-state index is 0.207. The number of aromatic nitrogens is 5. The van der Waals surface area contributed by atoms with E-state index in [1.54, 1.807) is 16.4 Å². The number of aryl methyl sites for hydroxylation is 3. The number of carboxylic acids is 1. The number of aromatic carboxylic acids is 1.